The highest BCUT2D eigenvalue weighted by molar-refractivity contribution is 7.91. The second kappa shape index (κ2) is 7.54. The van der Waals surface area contributed by atoms with E-state index in [2.05, 4.69) is 10.3 Å². The second-order valence-corrected chi connectivity index (χ2v) is 6.74. The molecule has 24 heavy (non-hydrogen) atoms. The van der Waals surface area contributed by atoms with Crippen molar-refractivity contribution in [1.82, 2.24) is 4.98 Å². The molecule has 0 saturated heterocycles. The summed E-state index contributed by atoms with van der Waals surface area (Å²) in [6.45, 7) is -0.359. The minimum absolute atomic E-state index is 0.104. The van der Waals surface area contributed by atoms with Gasteiger partial charge in [0.15, 0.2) is 17.5 Å². The summed E-state index contributed by atoms with van der Waals surface area (Å²) >= 11 is 5.77. The van der Waals surface area contributed by atoms with Crippen LogP contribution in [0.4, 0.5) is 14.5 Å². The lowest BCUT2D eigenvalue weighted by Crippen LogP contribution is -2.20. The van der Waals surface area contributed by atoms with Gasteiger partial charge in [0, 0.05) is 11.9 Å². The largest absolute Gasteiger partial charge is 0.481 e. The van der Waals surface area contributed by atoms with Crippen LogP contribution >= 0.6 is 11.6 Å². The zero-order chi connectivity index (χ0) is 17.7. The lowest BCUT2D eigenvalue weighted by Gasteiger charge is -2.09. The fourth-order valence-corrected chi connectivity index (χ4v) is 2.55. The molecule has 1 amide bonds. The van der Waals surface area contributed by atoms with Crippen molar-refractivity contribution in [3.63, 3.8) is 0 Å². The van der Waals surface area contributed by atoms with Gasteiger partial charge in [-0.1, -0.05) is 11.6 Å². The van der Waals surface area contributed by atoms with E-state index in [0.717, 1.165) is 12.1 Å². The van der Waals surface area contributed by atoms with Gasteiger partial charge in [-0.05, 0) is 36.4 Å². The van der Waals surface area contributed by atoms with E-state index < -0.39 is 26.4 Å². The SMILES string of the molecule is O=C(COc1cccnc1Cl)Nc1ccc(S(=O)(=O)C(F)F)cc1. The van der Waals surface area contributed by atoms with Crippen LogP contribution in [0.15, 0.2) is 47.5 Å². The third-order valence-electron chi connectivity index (χ3n) is 2.78. The molecule has 2 rings (SSSR count). The number of carbonyl (C=O) groups excluding carboxylic acids is 1. The molecule has 0 bridgehead atoms. The van der Waals surface area contributed by atoms with E-state index in [9.17, 15) is 22.0 Å². The summed E-state index contributed by atoms with van der Waals surface area (Å²) in [5.74, 6) is -3.82. The molecule has 128 valence electrons. The molecule has 0 aliphatic rings. The minimum Gasteiger partial charge on any atom is -0.481 e. The molecule has 1 aromatic carbocycles. The number of amides is 1. The molecule has 0 radical (unpaired) electrons. The van der Waals surface area contributed by atoms with Crippen LogP contribution in [0.1, 0.15) is 0 Å². The van der Waals surface area contributed by atoms with Crippen LogP contribution in [0.25, 0.3) is 0 Å². The van der Waals surface area contributed by atoms with E-state index in [4.69, 9.17) is 16.3 Å². The van der Waals surface area contributed by atoms with E-state index in [1.165, 1.54) is 24.4 Å². The van der Waals surface area contributed by atoms with Gasteiger partial charge in [-0.3, -0.25) is 4.79 Å². The molecule has 0 aliphatic carbocycles. The van der Waals surface area contributed by atoms with Crippen LogP contribution in [0.5, 0.6) is 5.75 Å². The first kappa shape index (κ1) is 18.1. The van der Waals surface area contributed by atoms with E-state index in [0.29, 0.717) is 0 Å². The number of benzene rings is 1. The Labute approximate surface area is 141 Å². The lowest BCUT2D eigenvalue weighted by atomic mass is 10.3. The Bertz CT molecular complexity index is 829. The standard InChI is InChI=1S/C14H11ClF2N2O4S/c15-13-11(2-1-7-18-13)23-8-12(20)19-9-3-5-10(6-4-9)24(21,22)14(16)17/h1-7,14H,8H2,(H,19,20). The molecular weight excluding hydrogens is 366 g/mol. The number of aromatic nitrogens is 1. The minimum atomic E-state index is -4.67. The smallest absolute Gasteiger partial charge is 0.341 e. The zero-order valence-electron chi connectivity index (χ0n) is 11.9. The van der Waals surface area contributed by atoms with Gasteiger partial charge in [0.2, 0.25) is 9.84 Å². The Morgan fingerprint density at radius 1 is 1.25 bits per heavy atom. The van der Waals surface area contributed by atoms with Crippen LogP contribution in [0, 0.1) is 0 Å². The van der Waals surface area contributed by atoms with Gasteiger partial charge in [0.25, 0.3) is 5.91 Å². The Morgan fingerprint density at radius 3 is 2.50 bits per heavy atom. The maximum absolute atomic E-state index is 12.4. The van der Waals surface area contributed by atoms with Gasteiger partial charge in [0.1, 0.15) is 0 Å². The summed E-state index contributed by atoms with van der Waals surface area (Å²) in [5, 5.41) is 2.53. The number of hydrogen-bond acceptors (Lipinski definition) is 5. The zero-order valence-corrected chi connectivity index (χ0v) is 13.5. The van der Waals surface area contributed by atoms with Crippen LogP contribution in [0.3, 0.4) is 0 Å². The average Bonchev–Trinajstić information content (AvgIpc) is 2.54. The number of halogens is 3. The molecule has 0 saturated carbocycles. The number of sulfone groups is 1. The van der Waals surface area contributed by atoms with Crippen LogP contribution in [0.2, 0.25) is 5.15 Å². The topological polar surface area (TPSA) is 85.4 Å². The third-order valence-corrected chi connectivity index (χ3v) is 4.47. The predicted octanol–water partition coefficient (Wildman–Crippen LogP) is 2.75. The van der Waals surface area contributed by atoms with E-state index in [1.807, 2.05) is 0 Å². The Hall–Kier alpha value is -2.26. The van der Waals surface area contributed by atoms with Crippen molar-refractivity contribution in [3.8, 4) is 5.75 Å². The van der Waals surface area contributed by atoms with Gasteiger partial charge in [-0.2, -0.15) is 8.78 Å². The Morgan fingerprint density at radius 2 is 1.92 bits per heavy atom. The molecule has 2 aromatic rings. The van der Waals surface area contributed by atoms with Crippen LogP contribution in [-0.2, 0) is 14.6 Å². The van der Waals surface area contributed by atoms with E-state index in [1.54, 1.807) is 6.07 Å². The maximum Gasteiger partial charge on any atom is 0.341 e. The molecule has 1 aromatic heterocycles. The normalized spacial score (nSPS) is 11.3. The molecule has 6 nitrogen and oxygen atoms in total. The van der Waals surface area contributed by atoms with Crippen molar-refractivity contribution in [1.29, 1.82) is 0 Å². The lowest BCUT2D eigenvalue weighted by molar-refractivity contribution is -0.118. The molecule has 0 fully saturated rings. The number of pyridine rings is 1. The van der Waals surface area contributed by atoms with Gasteiger partial charge >= 0.3 is 5.76 Å². The average molecular weight is 377 g/mol. The first-order chi connectivity index (χ1) is 11.3. The number of carbonyl (C=O) groups is 1. The summed E-state index contributed by atoms with van der Waals surface area (Å²) in [6.07, 6.45) is 1.46. The number of alkyl halides is 2. The summed E-state index contributed by atoms with van der Waals surface area (Å²) in [5.41, 5.74) is 0.231. The highest BCUT2D eigenvalue weighted by Gasteiger charge is 2.26. The monoisotopic (exact) mass is 376 g/mol. The molecule has 1 N–H and O–H groups in total. The van der Waals surface area contributed by atoms with E-state index >= 15 is 0 Å². The predicted molar refractivity (Wildman–Crippen MR) is 83.0 cm³/mol. The molecule has 0 atom stereocenters. The van der Waals surface area contributed by atoms with Crippen LogP contribution < -0.4 is 10.1 Å². The number of rotatable bonds is 6. The number of nitrogens with one attached hydrogen (secondary N) is 1. The summed E-state index contributed by atoms with van der Waals surface area (Å²) < 4.78 is 52.6. The summed E-state index contributed by atoms with van der Waals surface area (Å²) in [4.78, 5) is 15.0. The molecule has 0 spiro atoms. The Kier molecular flexibility index (Phi) is 5.68. The van der Waals surface area contributed by atoms with Crippen molar-refractivity contribution in [2.24, 2.45) is 0 Å². The fraction of sp³-hybridized carbons (Fsp3) is 0.143. The first-order valence-electron chi connectivity index (χ1n) is 6.46. The molecule has 1 heterocycles. The van der Waals surface area contributed by atoms with Crippen molar-refractivity contribution in [3.05, 3.63) is 47.7 Å². The van der Waals surface area contributed by atoms with Crippen molar-refractivity contribution in [2.45, 2.75) is 10.7 Å². The number of hydrogen-bond donors (Lipinski definition) is 1. The maximum atomic E-state index is 12.4. The molecule has 0 aliphatic heterocycles. The van der Waals surface area contributed by atoms with Gasteiger partial charge in [0.05, 0.1) is 4.90 Å². The van der Waals surface area contributed by atoms with E-state index in [-0.39, 0.29) is 23.2 Å². The highest BCUT2D eigenvalue weighted by atomic mass is 35.5. The number of nitrogens with zero attached hydrogens (tertiary/aromatic N) is 1. The highest BCUT2D eigenvalue weighted by Crippen LogP contribution is 2.21. The van der Waals surface area contributed by atoms with Crippen molar-refractivity contribution < 1.29 is 26.7 Å². The first-order valence-corrected chi connectivity index (χ1v) is 8.38. The fourth-order valence-electron chi connectivity index (χ4n) is 1.65. The van der Waals surface area contributed by atoms with Gasteiger partial charge in [-0.25, -0.2) is 13.4 Å². The molecular formula is C14H11ClF2N2O4S. The van der Waals surface area contributed by atoms with Crippen LogP contribution in [-0.4, -0.2) is 31.7 Å². The molecule has 0 unspecified atom stereocenters. The summed E-state index contributed by atoms with van der Waals surface area (Å²) in [7, 11) is -4.67. The second-order valence-electron chi connectivity index (χ2n) is 4.46. The van der Waals surface area contributed by atoms with Gasteiger partial charge < -0.3 is 10.1 Å². The number of anilines is 1. The quantitative estimate of drug-likeness (QED) is 0.783. The summed E-state index contributed by atoms with van der Waals surface area (Å²) in [6, 6.07) is 7.48. The molecule has 10 heteroatoms. The number of ether oxygens (including phenoxy) is 1. The van der Waals surface area contributed by atoms with Gasteiger partial charge in [-0.15, -0.1) is 0 Å². The van der Waals surface area contributed by atoms with Crippen molar-refractivity contribution >= 4 is 33.0 Å². The van der Waals surface area contributed by atoms with Crippen molar-refractivity contribution in [2.75, 3.05) is 11.9 Å². The third kappa shape index (κ3) is 4.39. The Balaban J connectivity index is 1.96.